The average molecular weight is 327 g/mol. The Bertz CT molecular complexity index is 562. The van der Waals surface area contributed by atoms with Crippen LogP contribution in [-0.4, -0.2) is 23.7 Å². The number of hydrogen-bond donors (Lipinski definition) is 0. The zero-order valence-corrected chi connectivity index (χ0v) is 12.9. The number of ether oxygens (including phenoxy) is 1. The van der Waals surface area contributed by atoms with Gasteiger partial charge in [0.05, 0.1) is 5.41 Å². The first-order valence-corrected chi connectivity index (χ1v) is 8.02. The Morgan fingerprint density at radius 2 is 1.70 bits per heavy atom. The van der Waals surface area contributed by atoms with E-state index in [0.717, 1.165) is 44.2 Å². The smallest absolute Gasteiger partial charge is 0.406 e. The molecule has 1 aliphatic carbocycles. The van der Waals surface area contributed by atoms with Crippen molar-refractivity contribution in [1.82, 2.24) is 4.90 Å². The third-order valence-electron chi connectivity index (χ3n) is 4.94. The maximum absolute atomic E-state index is 12.7. The van der Waals surface area contributed by atoms with Crippen LogP contribution in [0.25, 0.3) is 0 Å². The molecule has 1 amide bonds. The van der Waals surface area contributed by atoms with E-state index in [1.165, 1.54) is 18.6 Å². The summed E-state index contributed by atoms with van der Waals surface area (Å²) in [6.07, 6.45) is 1.60. The molecule has 3 rings (SSSR count). The molecule has 0 radical (unpaired) electrons. The van der Waals surface area contributed by atoms with Crippen LogP contribution in [0.4, 0.5) is 13.2 Å². The molecule has 0 aromatic heterocycles. The number of carbonyl (C=O) groups is 1. The molecule has 1 saturated carbocycles. The Morgan fingerprint density at radius 3 is 2.30 bits per heavy atom. The van der Waals surface area contributed by atoms with Gasteiger partial charge in [0.15, 0.2) is 0 Å². The van der Waals surface area contributed by atoms with Gasteiger partial charge in [0.1, 0.15) is 5.75 Å². The summed E-state index contributed by atoms with van der Waals surface area (Å²) in [6.45, 7) is 1.19. The summed E-state index contributed by atoms with van der Waals surface area (Å²) < 4.78 is 40.3. The predicted octanol–water partition coefficient (Wildman–Crippen LogP) is 4.27. The van der Waals surface area contributed by atoms with Crippen molar-refractivity contribution in [3.05, 3.63) is 29.8 Å². The number of alkyl halides is 3. The standard InChI is InChI=1S/C17H20F3NO2/c18-17(19,20)23-14-6-4-13(5-7-14)12-21-11-10-16(15(21)22)8-2-1-3-9-16/h4-7H,1-3,8-12H2. The lowest BCUT2D eigenvalue weighted by Gasteiger charge is -2.31. The summed E-state index contributed by atoms with van der Waals surface area (Å²) in [7, 11) is 0. The molecule has 2 fully saturated rings. The summed E-state index contributed by atoms with van der Waals surface area (Å²) in [5, 5.41) is 0. The lowest BCUT2D eigenvalue weighted by atomic mass is 9.73. The van der Waals surface area contributed by atoms with E-state index in [0.29, 0.717) is 6.54 Å². The quantitative estimate of drug-likeness (QED) is 0.830. The van der Waals surface area contributed by atoms with E-state index < -0.39 is 6.36 Å². The van der Waals surface area contributed by atoms with Crippen molar-refractivity contribution in [3.8, 4) is 5.75 Å². The summed E-state index contributed by atoms with van der Waals surface area (Å²) in [5.74, 6) is -0.0226. The zero-order chi connectivity index (χ0) is 16.5. The van der Waals surface area contributed by atoms with Gasteiger partial charge in [0.2, 0.25) is 5.91 Å². The van der Waals surface area contributed by atoms with Gasteiger partial charge in [-0.25, -0.2) is 0 Å². The largest absolute Gasteiger partial charge is 0.573 e. The lowest BCUT2D eigenvalue weighted by molar-refractivity contribution is -0.274. The number of nitrogens with zero attached hydrogens (tertiary/aromatic N) is 1. The van der Waals surface area contributed by atoms with Gasteiger partial charge < -0.3 is 9.64 Å². The molecule has 1 aromatic carbocycles. The highest BCUT2D eigenvalue weighted by molar-refractivity contribution is 5.84. The minimum Gasteiger partial charge on any atom is -0.406 e. The molecule has 1 aliphatic heterocycles. The van der Waals surface area contributed by atoms with Gasteiger partial charge in [-0.3, -0.25) is 4.79 Å². The zero-order valence-electron chi connectivity index (χ0n) is 12.9. The SMILES string of the molecule is O=C1N(Cc2ccc(OC(F)(F)F)cc2)CCC12CCCCC2. The van der Waals surface area contributed by atoms with Crippen molar-refractivity contribution >= 4 is 5.91 Å². The van der Waals surface area contributed by atoms with Crippen molar-refractivity contribution < 1.29 is 22.7 Å². The maximum Gasteiger partial charge on any atom is 0.573 e. The molecule has 0 unspecified atom stereocenters. The first kappa shape index (κ1) is 16.1. The van der Waals surface area contributed by atoms with E-state index in [4.69, 9.17) is 0 Å². The van der Waals surface area contributed by atoms with E-state index in [1.807, 2.05) is 4.90 Å². The molecule has 1 aromatic rings. The van der Waals surface area contributed by atoms with Gasteiger partial charge in [-0.1, -0.05) is 31.4 Å². The highest BCUT2D eigenvalue weighted by Crippen LogP contribution is 2.45. The van der Waals surface area contributed by atoms with Crippen LogP contribution in [0.15, 0.2) is 24.3 Å². The molecule has 3 nitrogen and oxygen atoms in total. The van der Waals surface area contributed by atoms with Gasteiger partial charge in [0, 0.05) is 13.1 Å². The second-order valence-electron chi connectivity index (χ2n) is 6.51. The van der Waals surface area contributed by atoms with Crippen molar-refractivity contribution in [2.75, 3.05) is 6.54 Å². The Labute approximate surface area is 133 Å². The second-order valence-corrected chi connectivity index (χ2v) is 6.51. The van der Waals surface area contributed by atoms with Crippen LogP contribution >= 0.6 is 0 Å². The van der Waals surface area contributed by atoms with Crippen molar-refractivity contribution in [2.45, 2.75) is 51.4 Å². The number of rotatable bonds is 3. The average Bonchev–Trinajstić information content (AvgIpc) is 2.78. The van der Waals surface area contributed by atoms with E-state index in [2.05, 4.69) is 4.74 Å². The molecule has 1 heterocycles. The molecule has 1 saturated heterocycles. The molecule has 1 spiro atoms. The molecular weight excluding hydrogens is 307 g/mol. The Morgan fingerprint density at radius 1 is 1.04 bits per heavy atom. The maximum atomic E-state index is 12.7. The van der Waals surface area contributed by atoms with Crippen molar-refractivity contribution in [3.63, 3.8) is 0 Å². The van der Waals surface area contributed by atoms with Gasteiger partial charge >= 0.3 is 6.36 Å². The van der Waals surface area contributed by atoms with Crippen LogP contribution in [0.1, 0.15) is 44.1 Å². The number of carbonyl (C=O) groups excluding carboxylic acids is 1. The fourth-order valence-corrected chi connectivity index (χ4v) is 3.75. The van der Waals surface area contributed by atoms with Gasteiger partial charge in [-0.2, -0.15) is 0 Å². The number of hydrogen-bond acceptors (Lipinski definition) is 2. The first-order chi connectivity index (χ1) is 10.9. The molecule has 0 N–H and O–H groups in total. The number of benzene rings is 1. The Kier molecular flexibility index (Phi) is 4.25. The second kappa shape index (κ2) is 6.06. The fourth-order valence-electron chi connectivity index (χ4n) is 3.75. The summed E-state index contributed by atoms with van der Waals surface area (Å²) >= 11 is 0. The molecule has 126 valence electrons. The van der Waals surface area contributed by atoms with Crippen LogP contribution in [0.5, 0.6) is 5.75 Å². The van der Waals surface area contributed by atoms with E-state index in [-0.39, 0.29) is 17.1 Å². The topological polar surface area (TPSA) is 29.5 Å². The van der Waals surface area contributed by atoms with Crippen LogP contribution < -0.4 is 4.74 Å². The third kappa shape index (κ3) is 3.62. The highest BCUT2D eigenvalue weighted by Gasteiger charge is 2.46. The highest BCUT2D eigenvalue weighted by atomic mass is 19.4. The minimum atomic E-state index is -4.68. The molecular formula is C17H20F3NO2. The van der Waals surface area contributed by atoms with Crippen LogP contribution in [-0.2, 0) is 11.3 Å². The van der Waals surface area contributed by atoms with E-state index >= 15 is 0 Å². The molecule has 6 heteroatoms. The van der Waals surface area contributed by atoms with Crippen LogP contribution in [0.2, 0.25) is 0 Å². The molecule has 0 atom stereocenters. The number of amides is 1. The summed E-state index contributed by atoms with van der Waals surface area (Å²) in [5.41, 5.74) is 0.651. The molecule has 2 aliphatic rings. The Hall–Kier alpha value is -1.72. The van der Waals surface area contributed by atoms with Crippen LogP contribution in [0, 0.1) is 5.41 Å². The van der Waals surface area contributed by atoms with Crippen LogP contribution in [0.3, 0.4) is 0 Å². The summed E-state index contributed by atoms with van der Waals surface area (Å²) in [6, 6.07) is 5.75. The predicted molar refractivity (Wildman–Crippen MR) is 78.7 cm³/mol. The number of likely N-dealkylation sites (tertiary alicyclic amines) is 1. The summed E-state index contributed by atoms with van der Waals surface area (Å²) in [4.78, 5) is 14.5. The van der Waals surface area contributed by atoms with Gasteiger partial charge in [-0.15, -0.1) is 13.2 Å². The van der Waals surface area contributed by atoms with Gasteiger partial charge in [0.25, 0.3) is 0 Å². The van der Waals surface area contributed by atoms with E-state index in [1.54, 1.807) is 12.1 Å². The lowest BCUT2D eigenvalue weighted by Crippen LogP contribution is -2.35. The van der Waals surface area contributed by atoms with Crippen molar-refractivity contribution in [2.24, 2.45) is 5.41 Å². The fraction of sp³-hybridized carbons (Fsp3) is 0.588. The Balaban J connectivity index is 1.62. The monoisotopic (exact) mass is 327 g/mol. The molecule has 23 heavy (non-hydrogen) atoms. The minimum absolute atomic E-state index is 0.169. The number of halogens is 3. The van der Waals surface area contributed by atoms with Crippen molar-refractivity contribution in [1.29, 1.82) is 0 Å². The van der Waals surface area contributed by atoms with E-state index in [9.17, 15) is 18.0 Å². The normalized spacial score (nSPS) is 21.0. The first-order valence-electron chi connectivity index (χ1n) is 8.02. The third-order valence-corrected chi connectivity index (χ3v) is 4.94. The van der Waals surface area contributed by atoms with Gasteiger partial charge in [-0.05, 0) is 37.0 Å². The molecule has 0 bridgehead atoms.